The Labute approximate surface area is 158 Å². The molecule has 1 aromatic carbocycles. The summed E-state index contributed by atoms with van der Waals surface area (Å²) in [5.74, 6) is -0.391. The van der Waals surface area contributed by atoms with E-state index in [9.17, 15) is 9.59 Å². The van der Waals surface area contributed by atoms with Crippen LogP contribution in [0.5, 0.6) is 0 Å². The number of rotatable bonds is 3. The van der Waals surface area contributed by atoms with Crippen LogP contribution in [0.1, 0.15) is 44.7 Å². The average molecular weight is 371 g/mol. The SMILES string of the molecule is CC(C)(C)OC(=O)N(C(=O)[C@@H]1C[C@H](N=[N+]=[N-])CN1)c1ccc2c(c1)CCC2. The van der Waals surface area contributed by atoms with Crippen LogP contribution < -0.4 is 10.2 Å². The number of amides is 2. The zero-order chi connectivity index (χ0) is 19.6. The molecule has 1 saturated heterocycles. The first kappa shape index (κ1) is 19.2. The number of carbonyl (C=O) groups is 2. The van der Waals surface area contributed by atoms with Crippen LogP contribution in [-0.2, 0) is 22.4 Å². The number of fused-ring (bicyclic) bond motifs is 1. The van der Waals surface area contributed by atoms with E-state index in [4.69, 9.17) is 10.3 Å². The van der Waals surface area contributed by atoms with Gasteiger partial charge in [0.05, 0.1) is 17.8 Å². The Morgan fingerprint density at radius 1 is 1.30 bits per heavy atom. The minimum Gasteiger partial charge on any atom is -0.443 e. The Morgan fingerprint density at radius 3 is 2.74 bits per heavy atom. The number of benzene rings is 1. The van der Waals surface area contributed by atoms with Crippen LogP contribution in [0.3, 0.4) is 0 Å². The summed E-state index contributed by atoms with van der Waals surface area (Å²) in [5.41, 5.74) is 10.8. The van der Waals surface area contributed by atoms with Gasteiger partial charge in [-0.25, -0.2) is 9.69 Å². The van der Waals surface area contributed by atoms with E-state index in [0.29, 0.717) is 18.7 Å². The fourth-order valence-corrected chi connectivity index (χ4v) is 3.55. The van der Waals surface area contributed by atoms with Crippen LogP contribution in [0.15, 0.2) is 23.3 Å². The molecule has 8 nitrogen and oxygen atoms in total. The number of imide groups is 1. The average Bonchev–Trinajstić information content (AvgIpc) is 3.22. The Hall–Kier alpha value is -2.57. The molecule has 1 fully saturated rings. The molecule has 2 aliphatic rings. The number of ether oxygens (including phenoxy) is 1. The van der Waals surface area contributed by atoms with Gasteiger partial charge >= 0.3 is 6.09 Å². The van der Waals surface area contributed by atoms with Gasteiger partial charge in [-0.2, -0.15) is 0 Å². The maximum absolute atomic E-state index is 13.2. The summed E-state index contributed by atoms with van der Waals surface area (Å²) in [4.78, 5) is 29.9. The van der Waals surface area contributed by atoms with Crippen molar-refractivity contribution in [2.45, 2.75) is 64.1 Å². The van der Waals surface area contributed by atoms with Gasteiger partial charge in [0.2, 0.25) is 0 Å². The van der Waals surface area contributed by atoms with Crippen LogP contribution in [0.25, 0.3) is 10.4 Å². The quantitative estimate of drug-likeness (QED) is 0.498. The lowest BCUT2D eigenvalue weighted by Gasteiger charge is -2.28. The second-order valence-electron chi connectivity index (χ2n) is 8.02. The number of nitrogens with zero attached hydrogens (tertiary/aromatic N) is 4. The first-order chi connectivity index (χ1) is 12.8. The smallest absolute Gasteiger partial charge is 0.421 e. The van der Waals surface area contributed by atoms with E-state index in [1.165, 1.54) is 11.1 Å². The van der Waals surface area contributed by atoms with Crippen LogP contribution in [0, 0.1) is 0 Å². The van der Waals surface area contributed by atoms with Crippen molar-refractivity contribution >= 4 is 17.7 Å². The summed E-state index contributed by atoms with van der Waals surface area (Å²) < 4.78 is 5.49. The summed E-state index contributed by atoms with van der Waals surface area (Å²) in [6.07, 6.45) is 2.71. The van der Waals surface area contributed by atoms with E-state index in [0.717, 1.165) is 24.2 Å². The summed E-state index contributed by atoms with van der Waals surface area (Å²) in [6.45, 7) is 5.71. The third-order valence-electron chi connectivity index (χ3n) is 4.76. The molecule has 1 aromatic rings. The number of carbonyl (C=O) groups excluding carboxylic acids is 2. The van der Waals surface area contributed by atoms with Crippen LogP contribution >= 0.6 is 0 Å². The number of hydrogen-bond donors (Lipinski definition) is 1. The van der Waals surface area contributed by atoms with E-state index in [1.54, 1.807) is 26.8 Å². The summed E-state index contributed by atoms with van der Waals surface area (Å²) in [5, 5.41) is 6.72. The third-order valence-corrected chi connectivity index (χ3v) is 4.76. The van der Waals surface area contributed by atoms with E-state index in [1.807, 2.05) is 12.1 Å². The molecule has 1 aliphatic carbocycles. The molecule has 144 valence electrons. The molecule has 0 saturated carbocycles. The fraction of sp³-hybridized carbons (Fsp3) is 0.579. The largest absolute Gasteiger partial charge is 0.443 e. The van der Waals surface area contributed by atoms with Crippen molar-refractivity contribution in [3.63, 3.8) is 0 Å². The fourth-order valence-electron chi connectivity index (χ4n) is 3.55. The molecular formula is C19H25N5O3. The second-order valence-corrected chi connectivity index (χ2v) is 8.02. The lowest BCUT2D eigenvalue weighted by atomic mass is 10.1. The highest BCUT2D eigenvalue weighted by Gasteiger charge is 2.37. The molecule has 3 rings (SSSR count). The highest BCUT2D eigenvalue weighted by Crippen LogP contribution is 2.29. The first-order valence-electron chi connectivity index (χ1n) is 9.25. The predicted molar refractivity (Wildman–Crippen MR) is 102 cm³/mol. The normalized spacial score (nSPS) is 21.3. The van der Waals surface area contributed by atoms with Gasteiger partial charge in [-0.1, -0.05) is 11.2 Å². The summed E-state index contributed by atoms with van der Waals surface area (Å²) in [7, 11) is 0. The van der Waals surface area contributed by atoms with E-state index >= 15 is 0 Å². The molecule has 0 radical (unpaired) electrons. The lowest BCUT2D eigenvalue weighted by Crippen LogP contribution is -2.48. The molecule has 0 aromatic heterocycles. The number of anilines is 1. The van der Waals surface area contributed by atoms with Crippen molar-refractivity contribution in [1.29, 1.82) is 0 Å². The van der Waals surface area contributed by atoms with Crippen LogP contribution in [0.2, 0.25) is 0 Å². The van der Waals surface area contributed by atoms with Crippen molar-refractivity contribution in [2.75, 3.05) is 11.4 Å². The highest BCUT2D eigenvalue weighted by atomic mass is 16.6. The van der Waals surface area contributed by atoms with Crippen molar-refractivity contribution < 1.29 is 14.3 Å². The number of aryl methyl sites for hydroxylation is 2. The molecule has 0 spiro atoms. The molecule has 0 bridgehead atoms. The van der Waals surface area contributed by atoms with Gasteiger partial charge in [-0.3, -0.25) is 4.79 Å². The van der Waals surface area contributed by atoms with Crippen molar-refractivity contribution in [2.24, 2.45) is 5.11 Å². The van der Waals surface area contributed by atoms with E-state index in [2.05, 4.69) is 15.3 Å². The number of nitrogens with one attached hydrogen (secondary N) is 1. The standard InChI is InChI=1S/C19H25N5O3/c1-19(2,3)27-18(26)24(15-8-7-12-5-4-6-13(12)9-15)17(25)16-10-14(11-21-16)22-23-20/h7-9,14,16,21H,4-6,10-11H2,1-3H3/t14-,16-/m0/s1. The Kier molecular flexibility index (Phi) is 5.39. The molecule has 2 atom stereocenters. The van der Waals surface area contributed by atoms with Gasteiger partial charge in [0.25, 0.3) is 5.91 Å². The maximum atomic E-state index is 13.2. The van der Waals surface area contributed by atoms with Gasteiger partial charge in [0.15, 0.2) is 0 Å². The minimum absolute atomic E-state index is 0.301. The molecular weight excluding hydrogens is 346 g/mol. The molecule has 8 heteroatoms. The van der Waals surface area contributed by atoms with Gasteiger partial charge in [-0.15, -0.1) is 0 Å². The molecule has 1 aliphatic heterocycles. The minimum atomic E-state index is -0.719. The zero-order valence-corrected chi connectivity index (χ0v) is 15.9. The molecule has 27 heavy (non-hydrogen) atoms. The Bertz CT molecular complexity index is 795. The van der Waals surface area contributed by atoms with Gasteiger partial charge in [0, 0.05) is 11.5 Å². The zero-order valence-electron chi connectivity index (χ0n) is 15.9. The maximum Gasteiger partial charge on any atom is 0.421 e. The predicted octanol–water partition coefficient (Wildman–Crippen LogP) is 3.48. The monoisotopic (exact) mass is 371 g/mol. The van der Waals surface area contributed by atoms with Crippen molar-refractivity contribution in [3.8, 4) is 0 Å². The third kappa shape index (κ3) is 4.40. The second kappa shape index (κ2) is 7.58. The number of hydrogen-bond acceptors (Lipinski definition) is 5. The van der Waals surface area contributed by atoms with Crippen LogP contribution in [-0.4, -0.2) is 36.2 Å². The van der Waals surface area contributed by atoms with Gasteiger partial charge in [0.1, 0.15) is 5.60 Å². The van der Waals surface area contributed by atoms with Crippen LogP contribution in [0.4, 0.5) is 10.5 Å². The van der Waals surface area contributed by atoms with Gasteiger partial charge < -0.3 is 10.1 Å². The van der Waals surface area contributed by atoms with Gasteiger partial charge in [-0.05, 0) is 75.2 Å². The molecule has 2 amide bonds. The van der Waals surface area contributed by atoms with E-state index < -0.39 is 23.6 Å². The summed E-state index contributed by atoms with van der Waals surface area (Å²) in [6, 6.07) is 4.79. The number of azide groups is 1. The summed E-state index contributed by atoms with van der Waals surface area (Å²) >= 11 is 0. The van der Waals surface area contributed by atoms with Crippen molar-refractivity contribution in [1.82, 2.24) is 5.32 Å². The molecule has 0 unspecified atom stereocenters. The highest BCUT2D eigenvalue weighted by molar-refractivity contribution is 6.14. The van der Waals surface area contributed by atoms with Crippen molar-refractivity contribution in [3.05, 3.63) is 39.8 Å². The topological polar surface area (TPSA) is 107 Å². The molecule has 1 N–H and O–H groups in total. The van der Waals surface area contributed by atoms with E-state index in [-0.39, 0.29) is 6.04 Å². The Morgan fingerprint density at radius 2 is 2.04 bits per heavy atom. The first-order valence-corrected chi connectivity index (χ1v) is 9.25. The lowest BCUT2D eigenvalue weighted by molar-refractivity contribution is -0.120. The molecule has 1 heterocycles. The Balaban J connectivity index is 1.89.